The fourth-order valence-electron chi connectivity index (χ4n) is 2.65. The van der Waals surface area contributed by atoms with Gasteiger partial charge in [0.25, 0.3) is 0 Å². The Morgan fingerprint density at radius 1 is 1.30 bits per heavy atom. The number of carboxylic acids is 1. The molecular formula is C15H11NO3S. The second-order valence-electron chi connectivity index (χ2n) is 4.72. The Hall–Kier alpha value is -2.32. The van der Waals surface area contributed by atoms with Crippen LogP contribution < -0.4 is 0 Å². The Bertz CT molecular complexity index is 755. The number of thiophene rings is 1. The third-order valence-corrected chi connectivity index (χ3v) is 4.79. The zero-order valence-electron chi connectivity index (χ0n) is 10.5. The molecule has 0 saturated heterocycles. The van der Waals surface area contributed by atoms with E-state index in [4.69, 9.17) is 10.4 Å². The first-order chi connectivity index (χ1) is 9.61. The lowest BCUT2D eigenvalue weighted by molar-refractivity contribution is 0.0694. The van der Waals surface area contributed by atoms with E-state index in [0.29, 0.717) is 0 Å². The number of aromatic hydroxyl groups is 1. The summed E-state index contributed by atoms with van der Waals surface area (Å²) < 4.78 is 0. The van der Waals surface area contributed by atoms with Crippen molar-refractivity contribution in [3.63, 3.8) is 0 Å². The van der Waals surface area contributed by atoms with Gasteiger partial charge in [0.15, 0.2) is 0 Å². The third kappa shape index (κ3) is 1.86. The van der Waals surface area contributed by atoms with Crippen LogP contribution in [0.15, 0.2) is 18.2 Å². The number of benzene rings is 1. The van der Waals surface area contributed by atoms with Crippen molar-refractivity contribution in [2.75, 3.05) is 0 Å². The fraction of sp³-hybridized carbons (Fsp3) is 0.200. The first-order valence-corrected chi connectivity index (χ1v) is 7.04. The van der Waals surface area contributed by atoms with E-state index in [1.807, 2.05) is 0 Å². The van der Waals surface area contributed by atoms with Crippen LogP contribution in [0.5, 0.6) is 5.75 Å². The second-order valence-corrected chi connectivity index (χ2v) is 5.74. The summed E-state index contributed by atoms with van der Waals surface area (Å²) in [7, 11) is 0. The van der Waals surface area contributed by atoms with E-state index in [9.17, 15) is 9.90 Å². The molecule has 0 atom stereocenters. The lowest BCUT2D eigenvalue weighted by Crippen LogP contribution is -1.96. The van der Waals surface area contributed by atoms with Crippen molar-refractivity contribution in [2.45, 2.75) is 19.3 Å². The number of carboxylic acid groups (broad SMARTS) is 1. The van der Waals surface area contributed by atoms with E-state index in [-0.39, 0.29) is 11.3 Å². The average Bonchev–Trinajstić information content (AvgIpc) is 2.99. The molecule has 0 spiro atoms. The van der Waals surface area contributed by atoms with Crippen LogP contribution in [0.4, 0.5) is 0 Å². The predicted octanol–water partition coefficient (Wildman–Crippen LogP) is 3.18. The van der Waals surface area contributed by atoms with Crippen molar-refractivity contribution in [3.8, 4) is 22.3 Å². The summed E-state index contributed by atoms with van der Waals surface area (Å²) in [6.07, 6.45) is 2.90. The number of rotatable bonds is 2. The van der Waals surface area contributed by atoms with Crippen LogP contribution >= 0.6 is 11.3 Å². The molecular weight excluding hydrogens is 274 g/mol. The minimum atomic E-state index is -1.15. The van der Waals surface area contributed by atoms with Gasteiger partial charge in [0.05, 0.1) is 0 Å². The maximum absolute atomic E-state index is 10.9. The lowest BCUT2D eigenvalue weighted by atomic mass is 10.0. The lowest BCUT2D eigenvalue weighted by Gasteiger charge is -2.04. The van der Waals surface area contributed by atoms with E-state index in [1.165, 1.54) is 29.0 Å². The highest BCUT2D eigenvalue weighted by Crippen LogP contribution is 2.42. The number of carbonyl (C=O) groups is 1. The minimum Gasteiger partial charge on any atom is -0.507 e. The summed E-state index contributed by atoms with van der Waals surface area (Å²) in [6.45, 7) is 0. The molecule has 1 aromatic carbocycles. The quantitative estimate of drug-likeness (QED) is 0.888. The van der Waals surface area contributed by atoms with Gasteiger partial charge in [-0.3, -0.25) is 0 Å². The van der Waals surface area contributed by atoms with Gasteiger partial charge < -0.3 is 10.2 Å². The van der Waals surface area contributed by atoms with Gasteiger partial charge in [-0.2, -0.15) is 5.26 Å². The first-order valence-electron chi connectivity index (χ1n) is 6.23. The molecule has 0 fully saturated rings. The summed E-state index contributed by atoms with van der Waals surface area (Å²) in [4.78, 5) is 12.6. The Morgan fingerprint density at radius 2 is 2.05 bits per heavy atom. The Morgan fingerprint density at radius 3 is 2.70 bits per heavy atom. The summed E-state index contributed by atoms with van der Waals surface area (Å²) in [5, 5.41) is 27.9. The molecule has 3 rings (SSSR count). The highest BCUT2D eigenvalue weighted by molar-refractivity contribution is 7.16. The van der Waals surface area contributed by atoms with Crippen LogP contribution in [0.3, 0.4) is 0 Å². The molecule has 20 heavy (non-hydrogen) atoms. The van der Waals surface area contributed by atoms with E-state index in [0.717, 1.165) is 40.1 Å². The molecule has 5 heteroatoms. The minimum absolute atomic E-state index is 0.109. The number of aromatic carboxylic acids is 1. The molecule has 1 aliphatic carbocycles. The molecule has 0 bridgehead atoms. The first kappa shape index (κ1) is 12.7. The number of phenols is 1. The average molecular weight is 285 g/mol. The highest BCUT2D eigenvalue weighted by Gasteiger charge is 2.23. The number of nitrogens with zero attached hydrogens (tertiary/aromatic N) is 1. The SMILES string of the molecule is N#Cc1sc(-c2ccc(C(=O)O)c(O)c2)c2c1CCC2. The van der Waals surface area contributed by atoms with Gasteiger partial charge in [-0.25, -0.2) is 4.79 Å². The van der Waals surface area contributed by atoms with E-state index < -0.39 is 5.97 Å². The largest absolute Gasteiger partial charge is 0.507 e. The fourth-order valence-corrected chi connectivity index (χ4v) is 3.84. The van der Waals surface area contributed by atoms with E-state index in [1.54, 1.807) is 6.07 Å². The summed E-state index contributed by atoms with van der Waals surface area (Å²) in [5.74, 6) is -1.39. The second kappa shape index (κ2) is 4.66. The van der Waals surface area contributed by atoms with E-state index >= 15 is 0 Å². The Balaban J connectivity index is 2.13. The number of nitriles is 1. The normalized spacial score (nSPS) is 12.9. The molecule has 1 aliphatic rings. The standard InChI is InChI=1S/C15H11NO3S/c16-7-13-9-2-1-3-10(9)14(20-13)8-4-5-11(15(18)19)12(17)6-8/h4-6,17H,1-3H2,(H,18,19). The van der Waals surface area contributed by atoms with Crippen LogP contribution in [0, 0.1) is 11.3 Å². The van der Waals surface area contributed by atoms with Crippen LogP contribution in [-0.2, 0) is 12.8 Å². The summed E-state index contributed by atoms with van der Waals surface area (Å²) >= 11 is 1.42. The van der Waals surface area contributed by atoms with Crippen molar-refractivity contribution in [2.24, 2.45) is 0 Å². The zero-order valence-corrected chi connectivity index (χ0v) is 11.3. The van der Waals surface area contributed by atoms with Crippen LogP contribution in [0.25, 0.3) is 10.4 Å². The van der Waals surface area contributed by atoms with E-state index in [2.05, 4.69) is 6.07 Å². The predicted molar refractivity (Wildman–Crippen MR) is 75.1 cm³/mol. The molecule has 1 heterocycles. The van der Waals surface area contributed by atoms with Gasteiger partial charge in [0.2, 0.25) is 0 Å². The third-order valence-electron chi connectivity index (χ3n) is 3.56. The number of hydrogen-bond donors (Lipinski definition) is 2. The van der Waals surface area contributed by atoms with Gasteiger partial charge >= 0.3 is 5.97 Å². The smallest absolute Gasteiger partial charge is 0.339 e. The Kier molecular flexibility index (Phi) is 2.96. The van der Waals surface area contributed by atoms with Crippen molar-refractivity contribution < 1.29 is 15.0 Å². The molecule has 2 N–H and O–H groups in total. The number of hydrogen-bond acceptors (Lipinski definition) is 4. The molecule has 0 unspecified atom stereocenters. The van der Waals surface area contributed by atoms with Crippen molar-refractivity contribution in [1.29, 1.82) is 5.26 Å². The molecule has 0 radical (unpaired) electrons. The molecule has 100 valence electrons. The van der Waals surface area contributed by atoms with Crippen LogP contribution in [0.2, 0.25) is 0 Å². The van der Waals surface area contributed by atoms with Crippen LogP contribution in [-0.4, -0.2) is 16.2 Å². The Labute approximate surface area is 119 Å². The molecule has 0 aliphatic heterocycles. The molecule has 0 saturated carbocycles. The van der Waals surface area contributed by atoms with Crippen LogP contribution in [0.1, 0.15) is 32.8 Å². The molecule has 1 aromatic heterocycles. The van der Waals surface area contributed by atoms with Crippen molar-refractivity contribution >= 4 is 17.3 Å². The van der Waals surface area contributed by atoms with Gasteiger partial charge in [0.1, 0.15) is 22.3 Å². The monoisotopic (exact) mass is 285 g/mol. The molecule has 2 aromatic rings. The topological polar surface area (TPSA) is 81.3 Å². The summed E-state index contributed by atoms with van der Waals surface area (Å²) in [6, 6.07) is 6.78. The van der Waals surface area contributed by atoms with Gasteiger partial charge in [-0.1, -0.05) is 6.07 Å². The maximum Gasteiger partial charge on any atom is 0.339 e. The highest BCUT2D eigenvalue weighted by atomic mass is 32.1. The molecule has 4 nitrogen and oxygen atoms in total. The van der Waals surface area contributed by atoms with Gasteiger partial charge in [0, 0.05) is 4.88 Å². The van der Waals surface area contributed by atoms with Crippen molar-refractivity contribution in [3.05, 3.63) is 39.8 Å². The van der Waals surface area contributed by atoms with Gasteiger partial charge in [-0.15, -0.1) is 11.3 Å². The molecule has 0 amide bonds. The zero-order chi connectivity index (χ0) is 14.3. The van der Waals surface area contributed by atoms with Gasteiger partial charge in [-0.05, 0) is 48.1 Å². The number of fused-ring (bicyclic) bond motifs is 1. The van der Waals surface area contributed by atoms with Crippen molar-refractivity contribution in [1.82, 2.24) is 0 Å². The summed E-state index contributed by atoms with van der Waals surface area (Å²) in [5.41, 5.74) is 2.96. The maximum atomic E-state index is 10.9.